The van der Waals surface area contributed by atoms with Crippen LogP contribution in [0.3, 0.4) is 0 Å². The first-order valence-corrected chi connectivity index (χ1v) is 8.96. The zero-order valence-electron chi connectivity index (χ0n) is 16.8. The Labute approximate surface area is 160 Å². The summed E-state index contributed by atoms with van der Waals surface area (Å²) in [5.74, 6) is 0.404. The summed E-state index contributed by atoms with van der Waals surface area (Å²) in [6.45, 7) is 12.2. The molecule has 150 valence electrons. The molecule has 0 aliphatic rings. The number of nitrogens with one attached hydrogen (secondary N) is 1. The van der Waals surface area contributed by atoms with Gasteiger partial charge in [0.15, 0.2) is 5.67 Å². The lowest BCUT2D eigenvalue weighted by molar-refractivity contribution is 0.290. The Morgan fingerprint density at radius 2 is 2.04 bits per heavy atom. The fraction of sp³-hybridized carbons (Fsp3) is 0.500. The third-order valence-electron chi connectivity index (χ3n) is 3.82. The van der Waals surface area contributed by atoms with Gasteiger partial charge < -0.3 is 15.8 Å². The van der Waals surface area contributed by atoms with Crippen LogP contribution in [0.1, 0.15) is 46.1 Å². The topological polar surface area (TPSA) is 72.0 Å². The molecular weight excluding hydrogens is 350 g/mol. The van der Waals surface area contributed by atoms with Crippen molar-refractivity contribution in [3.05, 3.63) is 41.9 Å². The number of benzene rings is 1. The van der Waals surface area contributed by atoms with E-state index in [2.05, 4.69) is 21.9 Å². The number of nitrogens with zero attached hydrogens (tertiary/aromatic N) is 2. The largest absolute Gasteiger partial charge is 0.494 e. The highest BCUT2D eigenvalue weighted by molar-refractivity contribution is 5.99. The van der Waals surface area contributed by atoms with Crippen molar-refractivity contribution >= 4 is 11.8 Å². The van der Waals surface area contributed by atoms with Crippen LogP contribution in [0.15, 0.2) is 40.5 Å². The zero-order valence-corrected chi connectivity index (χ0v) is 16.8. The van der Waals surface area contributed by atoms with Gasteiger partial charge in [-0.15, -0.1) is 0 Å². The van der Waals surface area contributed by atoms with E-state index in [0.717, 1.165) is 6.42 Å². The summed E-state index contributed by atoms with van der Waals surface area (Å²) >= 11 is 0. The molecule has 0 aliphatic heterocycles. The van der Waals surface area contributed by atoms with Crippen molar-refractivity contribution in [1.29, 1.82) is 0 Å². The summed E-state index contributed by atoms with van der Waals surface area (Å²) in [7, 11) is 0. The predicted molar refractivity (Wildman–Crippen MR) is 108 cm³/mol. The quantitative estimate of drug-likeness (QED) is 0.523. The molecule has 1 aromatic carbocycles. The average Bonchev–Trinajstić information content (AvgIpc) is 2.55. The summed E-state index contributed by atoms with van der Waals surface area (Å²) in [6.07, 6.45) is 1.42. The molecule has 1 unspecified atom stereocenters. The predicted octanol–water partition coefficient (Wildman–Crippen LogP) is 4.27. The fourth-order valence-corrected chi connectivity index (χ4v) is 2.10. The number of hydrogen-bond donors (Lipinski definition) is 2. The van der Waals surface area contributed by atoms with Gasteiger partial charge in [-0.3, -0.25) is 0 Å². The van der Waals surface area contributed by atoms with Gasteiger partial charge in [-0.2, -0.15) is 4.99 Å². The van der Waals surface area contributed by atoms with Gasteiger partial charge in [0, 0.05) is 18.2 Å². The highest BCUT2D eigenvalue weighted by Gasteiger charge is 2.22. The summed E-state index contributed by atoms with van der Waals surface area (Å²) in [5.41, 5.74) is 5.03. The molecule has 27 heavy (non-hydrogen) atoms. The maximum atomic E-state index is 13.9. The molecule has 0 spiro atoms. The highest BCUT2D eigenvalue weighted by atomic mass is 19.1. The smallest absolute Gasteiger partial charge is 0.224 e. The summed E-state index contributed by atoms with van der Waals surface area (Å²) in [4.78, 5) is 8.28. The van der Waals surface area contributed by atoms with Crippen LogP contribution in [0.2, 0.25) is 0 Å². The monoisotopic (exact) mass is 380 g/mol. The first-order valence-electron chi connectivity index (χ1n) is 8.96. The molecule has 1 atom stereocenters. The molecule has 3 N–H and O–H groups in total. The van der Waals surface area contributed by atoms with Gasteiger partial charge in [0.2, 0.25) is 5.96 Å². The van der Waals surface area contributed by atoms with Crippen molar-refractivity contribution in [3.63, 3.8) is 0 Å². The SMILES string of the molecule is C=C(C)/N=C(\N=C(/N)C(C)(C)F)NC(CC)CCOc1ccc(F)c(C)c1. The molecule has 0 fully saturated rings. The van der Waals surface area contributed by atoms with Crippen molar-refractivity contribution in [1.82, 2.24) is 5.32 Å². The van der Waals surface area contributed by atoms with Gasteiger partial charge in [-0.05, 0) is 57.9 Å². The minimum atomic E-state index is -1.75. The van der Waals surface area contributed by atoms with Crippen LogP contribution in [0, 0.1) is 12.7 Å². The van der Waals surface area contributed by atoms with Gasteiger partial charge in [0.1, 0.15) is 17.4 Å². The van der Waals surface area contributed by atoms with Crippen LogP contribution in [-0.4, -0.2) is 30.1 Å². The Morgan fingerprint density at radius 1 is 1.37 bits per heavy atom. The van der Waals surface area contributed by atoms with E-state index < -0.39 is 5.67 Å². The molecule has 1 rings (SSSR count). The maximum absolute atomic E-state index is 13.9. The van der Waals surface area contributed by atoms with Crippen LogP contribution in [0.25, 0.3) is 0 Å². The van der Waals surface area contributed by atoms with Crippen molar-refractivity contribution in [3.8, 4) is 5.75 Å². The Hall–Kier alpha value is -2.44. The third kappa shape index (κ3) is 8.19. The number of nitrogens with two attached hydrogens (primary N) is 1. The van der Waals surface area contributed by atoms with E-state index in [9.17, 15) is 8.78 Å². The molecule has 0 bridgehead atoms. The first-order chi connectivity index (χ1) is 12.5. The number of aryl methyl sites for hydroxylation is 1. The molecule has 7 heteroatoms. The molecule has 5 nitrogen and oxygen atoms in total. The Morgan fingerprint density at radius 3 is 2.56 bits per heavy atom. The Kier molecular flexibility index (Phi) is 8.40. The lowest BCUT2D eigenvalue weighted by atomic mass is 10.1. The molecule has 0 amide bonds. The van der Waals surface area contributed by atoms with E-state index >= 15 is 0 Å². The Bertz CT molecular complexity index is 708. The van der Waals surface area contributed by atoms with Crippen LogP contribution in [-0.2, 0) is 0 Å². The number of allylic oxidation sites excluding steroid dienone is 1. The van der Waals surface area contributed by atoms with E-state index in [0.29, 0.717) is 30.0 Å². The number of aliphatic imine (C=N–C) groups is 2. The number of hydrogen-bond acceptors (Lipinski definition) is 2. The van der Waals surface area contributed by atoms with E-state index in [1.54, 1.807) is 26.0 Å². The van der Waals surface area contributed by atoms with E-state index in [4.69, 9.17) is 10.5 Å². The number of alkyl halides is 1. The Balaban J connectivity index is 2.74. The number of halogens is 2. The molecule has 0 aromatic heterocycles. The minimum absolute atomic E-state index is 0.0103. The fourth-order valence-electron chi connectivity index (χ4n) is 2.10. The third-order valence-corrected chi connectivity index (χ3v) is 3.82. The summed E-state index contributed by atoms with van der Waals surface area (Å²) in [5, 5.41) is 3.16. The minimum Gasteiger partial charge on any atom is -0.494 e. The molecule has 0 heterocycles. The van der Waals surface area contributed by atoms with Gasteiger partial charge in [0.05, 0.1) is 6.61 Å². The van der Waals surface area contributed by atoms with Gasteiger partial charge in [-0.1, -0.05) is 13.5 Å². The van der Waals surface area contributed by atoms with Crippen molar-refractivity contribution in [2.24, 2.45) is 15.7 Å². The molecule has 0 saturated heterocycles. The van der Waals surface area contributed by atoms with Gasteiger partial charge in [0.25, 0.3) is 0 Å². The second kappa shape index (κ2) is 10.0. The standard InChI is InChI=1S/C20H30F2N4O/c1-7-15(10-11-27-16-8-9-17(21)14(4)12-16)25-19(24-13(2)3)26-18(23)20(5,6)22/h8-9,12,15H,2,7,10-11H2,1,3-6H3,(H3,23,24,25,26). The van der Waals surface area contributed by atoms with Gasteiger partial charge >= 0.3 is 0 Å². The molecule has 0 aliphatic carbocycles. The second-order valence-electron chi connectivity index (χ2n) is 6.94. The van der Waals surface area contributed by atoms with Crippen LogP contribution < -0.4 is 15.8 Å². The van der Waals surface area contributed by atoms with Crippen LogP contribution in [0.4, 0.5) is 8.78 Å². The first kappa shape index (κ1) is 22.6. The molecule has 0 radical (unpaired) electrons. The summed E-state index contributed by atoms with van der Waals surface area (Å²) < 4.78 is 32.9. The number of rotatable bonds is 8. The second-order valence-corrected chi connectivity index (χ2v) is 6.94. The highest BCUT2D eigenvalue weighted by Crippen LogP contribution is 2.16. The van der Waals surface area contributed by atoms with Gasteiger partial charge in [-0.25, -0.2) is 13.8 Å². The number of guanidine groups is 1. The van der Waals surface area contributed by atoms with E-state index in [1.807, 2.05) is 6.92 Å². The normalized spacial score (nSPS) is 14.0. The molecule has 0 saturated carbocycles. The van der Waals surface area contributed by atoms with Crippen molar-refractivity contribution in [2.75, 3.05) is 6.61 Å². The number of amidine groups is 1. The molecule has 1 aromatic rings. The van der Waals surface area contributed by atoms with Crippen molar-refractivity contribution < 1.29 is 13.5 Å². The van der Waals surface area contributed by atoms with Crippen LogP contribution >= 0.6 is 0 Å². The van der Waals surface area contributed by atoms with Crippen LogP contribution in [0.5, 0.6) is 5.75 Å². The lowest BCUT2D eigenvalue weighted by Gasteiger charge is -2.20. The maximum Gasteiger partial charge on any atom is 0.224 e. The summed E-state index contributed by atoms with van der Waals surface area (Å²) in [6, 6.07) is 4.63. The lowest BCUT2D eigenvalue weighted by Crippen LogP contribution is -2.39. The average molecular weight is 380 g/mol. The molecular formula is C20H30F2N4O. The number of ether oxygens (including phenoxy) is 1. The zero-order chi connectivity index (χ0) is 20.6. The van der Waals surface area contributed by atoms with E-state index in [-0.39, 0.29) is 23.7 Å². The van der Waals surface area contributed by atoms with Crippen molar-refractivity contribution in [2.45, 2.75) is 59.2 Å². The van der Waals surface area contributed by atoms with E-state index in [1.165, 1.54) is 19.9 Å².